The van der Waals surface area contributed by atoms with Gasteiger partial charge in [0, 0.05) is 42.3 Å². The van der Waals surface area contributed by atoms with Crippen LogP contribution in [0, 0.1) is 0 Å². The molecule has 1 fully saturated rings. The molecule has 0 saturated carbocycles. The van der Waals surface area contributed by atoms with E-state index in [4.69, 9.17) is 4.74 Å². The van der Waals surface area contributed by atoms with Gasteiger partial charge in [-0.1, -0.05) is 15.9 Å². The SMILES string of the molecule is COc1ccc(Br)cc1C(O)C(C)N1CCNCC1. The van der Waals surface area contributed by atoms with Crippen molar-refractivity contribution in [2.75, 3.05) is 33.3 Å². The number of hydrogen-bond acceptors (Lipinski definition) is 4. The van der Waals surface area contributed by atoms with Crippen LogP contribution in [0.15, 0.2) is 22.7 Å². The molecule has 4 nitrogen and oxygen atoms in total. The van der Waals surface area contributed by atoms with Crippen molar-refractivity contribution >= 4 is 15.9 Å². The zero-order chi connectivity index (χ0) is 13.8. The number of hydrogen-bond donors (Lipinski definition) is 2. The second kappa shape index (κ2) is 6.70. The van der Waals surface area contributed by atoms with E-state index >= 15 is 0 Å². The van der Waals surface area contributed by atoms with E-state index in [0.29, 0.717) is 0 Å². The topological polar surface area (TPSA) is 44.7 Å². The number of nitrogens with one attached hydrogen (secondary N) is 1. The van der Waals surface area contributed by atoms with Crippen LogP contribution in [0.1, 0.15) is 18.6 Å². The predicted octanol–water partition coefficient (Wildman–Crippen LogP) is 1.78. The third kappa shape index (κ3) is 3.48. The van der Waals surface area contributed by atoms with Crippen LogP contribution >= 0.6 is 15.9 Å². The van der Waals surface area contributed by atoms with E-state index in [-0.39, 0.29) is 6.04 Å². The Hall–Kier alpha value is -0.620. The summed E-state index contributed by atoms with van der Waals surface area (Å²) in [4.78, 5) is 2.31. The molecule has 0 bridgehead atoms. The highest BCUT2D eigenvalue weighted by Crippen LogP contribution is 2.31. The van der Waals surface area contributed by atoms with Gasteiger partial charge in [0.1, 0.15) is 5.75 Å². The lowest BCUT2D eigenvalue weighted by Gasteiger charge is -2.35. The molecule has 1 aliphatic rings. The summed E-state index contributed by atoms with van der Waals surface area (Å²) >= 11 is 3.45. The molecule has 2 atom stereocenters. The molecule has 1 saturated heterocycles. The molecule has 1 heterocycles. The molecule has 0 radical (unpaired) electrons. The first-order valence-electron chi connectivity index (χ1n) is 6.59. The Morgan fingerprint density at radius 1 is 1.37 bits per heavy atom. The molecule has 19 heavy (non-hydrogen) atoms. The lowest BCUT2D eigenvalue weighted by atomic mass is 10.0. The van der Waals surface area contributed by atoms with E-state index in [2.05, 4.69) is 33.1 Å². The van der Waals surface area contributed by atoms with Crippen molar-refractivity contribution in [1.29, 1.82) is 0 Å². The van der Waals surface area contributed by atoms with Gasteiger partial charge in [0.15, 0.2) is 0 Å². The minimum atomic E-state index is -0.550. The Morgan fingerprint density at radius 3 is 2.68 bits per heavy atom. The number of piperazine rings is 1. The van der Waals surface area contributed by atoms with Crippen molar-refractivity contribution in [3.8, 4) is 5.75 Å². The van der Waals surface area contributed by atoms with Crippen LogP contribution in [0.5, 0.6) is 5.75 Å². The van der Waals surface area contributed by atoms with Gasteiger partial charge < -0.3 is 15.2 Å². The minimum Gasteiger partial charge on any atom is -0.496 e. The molecule has 1 aromatic carbocycles. The smallest absolute Gasteiger partial charge is 0.124 e. The van der Waals surface area contributed by atoms with Gasteiger partial charge in [0.25, 0.3) is 0 Å². The Labute approximate surface area is 122 Å². The molecular formula is C14H21BrN2O2. The number of rotatable bonds is 4. The van der Waals surface area contributed by atoms with Crippen LogP contribution < -0.4 is 10.1 Å². The molecule has 0 aromatic heterocycles. The molecular weight excluding hydrogens is 308 g/mol. The van der Waals surface area contributed by atoms with Crippen molar-refractivity contribution in [2.24, 2.45) is 0 Å². The van der Waals surface area contributed by atoms with Crippen molar-refractivity contribution in [1.82, 2.24) is 10.2 Å². The lowest BCUT2D eigenvalue weighted by Crippen LogP contribution is -2.49. The second-order valence-corrected chi connectivity index (χ2v) is 5.77. The van der Waals surface area contributed by atoms with Crippen LogP contribution in [0.25, 0.3) is 0 Å². The first kappa shape index (κ1) is 14.8. The second-order valence-electron chi connectivity index (χ2n) is 4.86. The zero-order valence-electron chi connectivity index (χ0n) is 11.4. The normalized spacial score (nSPS) is 20.0. The van der Waals surface area contributed by atoms with Crippen molar-refractivity contribution in [2.45, 2.75) is 19.1 Å². The molecule has 2 unspecified atom stereocenters. The van der Waals surface area contributed by atoms with E-state index in [1.165, 1.54) is 0 Å². The van der Waals surface area contributed by atoms with Gasteiger partial charge in [-0.05, 0) is 25.1 Å². The number of ether oxygens (including phenoxy) is 1. The molecule has 1 aromatic rings. The van der Waals surface area contributed by atoms with Crippen LogP contribution in [-0.2, 0) is 0 Å². The third-order valence-corrected chi connectivity index (χ3v) is 4.19. The lowest BCUT2D eigenvalue weighted by molar-refractivity contribution is 0.0494. The summed E-state index contributed by atoms with van der Waals surface area (Å²) in [6.45, 7) is 5.96. The summed E-state index contributed by atoms with van der Waals surface area (Å²) in [6, 6.07) is 5.81. The fourth-order valence-corrected chi connectivity index (χ4v) is 2.86. The van der Waals surface area contributed by atoms with Crippen LogP contribution in [0.4, 0.5) is 0 Å². The molecule has 0 amide bonds. The standard InChI is InChI=1S/C14H21BrN2O2/c1-10(17-7-5-16-6-8-17)14(18)12-9-11(15)3-4-13(12)19-2/h3-4,9-10,14,16,18H,5-8H2,1-2H3. The highest BCUT2D eigenvalue weighted by Gasteiger charge is 2.26. The number of aliphatic hydroxyl groups excluding tert-OH is 1. The van der Waals surface area contributed by atoms with Gasteiger partial charge in [-0.2, -0.15) is 0 Å². The molecule has 2 rings (SSSR count). The average Bonchev–Trinajstić information content (AvgIpc) is 2.46. The fraction of sp³-hybridized carbons (Fsp3) is 0.571. The summed E-state index contributed by atoms with van der Waals surface area (Å²) in [5.74, 6) is 0.734. The summed E-state index contributed by atoms with van der Waals surface area (Å²) in [5.41, 5.74) is 0.836. The Balaban J connectivity index is 2.17. The van der Waals surface area contributed by atoms with Crippen LogP contribution in [-0.4, -0.2) is 49.3 Å². The van der Waals surface area contributed by atoms with Crippen molar-refractivity contribution in [3.05, 3.63) is 28.2 Å². The highest BCUT2D eigenvalue weighted by molar-refractivity contribution is 9.10. The largest absolute Gasteiger partial charge is 0.496 e. The van der Waals surface area contributed by atoms with Gasteiger partial charge in [-0.15, -0.1) is 0 Å². The van der Waals surface area contributed by atoms with E-state index in [1.54, 1.807) is 7.11 Å². The molecule has 0 aliphatic carbocycles. The van der Waals surface area contributed by atoms with Gasteiger partial charge in [0.2, 0.25) is 0 Å². The Bertz CT molecular complexity index is 422. The monoisotopic (exact) mass is 328 g/mol. The highest BCUT2D eigenvalue weighted by atomic mass is 79.9. The molecule has 106 valence electrons. The maximum Gasteiger partial charge on any atom is 0.124 e. The predicted molar refractivity (Wildman–Crippen MR) is 79.6 cm³/mol. The van der Waals surface area contributed by atoms with Crippen molar-refractivity contribution in [3.63, 3.8) is 0 Å². The van der Waals surface area contributed by atoms with Gasteiger partial charge >= 0.3 is 0 Å². The van der Waals surface area contributed by atoms with Crippen molar-refractivity contribution < 1.29 is 9.84 Å². The number of aliphatic hydroxyl groups is 1. The quantitative estimate of drug-likeness (QED) is 0.884. The van der Waals surface area contributed by atoms with E-state index in [0.717, 1.165) is 42.0 Å². The Morgan fingerprint density at radius 2 is 2.05 bits per heavy atom. The third-order valence-electron chi connectivity index (χ3n) is 3.69. The first-order valence-corrected chi connectivity index (χ1v) is 7.39. The van der Waals surface area contributed by atoms with Crippen LogP contribution in [0.3, 0.4) is 0 Å². The van der Waals surface area contributed by atoms with Crippen LogP contribution in [0.2, 0.25) is 0 Å². The van der Waals surface area contributed by atoms with E-state index < -0.39 is 6.10 Å². The van der Waals surface area contributed by atoms with E-state index in [9.17, 15) is 5.11 Å². The molecule has 2 N–H and O–H groups in total. The first-order chi connectivity index (χ1) is 9.13. The number of methoxy groups -OCH3 is 1. The maximum atomic E-state index is 10.6. The molecule has 0 spiro atoms. The minimum absolute atomic E-state index is 0.0744. The average molecular weight is 329 g/mol. The van der Waals surface area contributed by atoms with Gasteiger partial charge in [0.05, 0.1) is 13.2 Å². The zero-order valence-corrected chi connectivity index (χ0v) is 13.0. The van der Waals surface area contributed by atoms with Gasteiger partial charge in [-0.3, -0.25) is 4.90 Å². The number of nitrogens with zero attached hydrogens (tertiary/aromatic N) is 1. The summed E-state index contributed by atoms with van der Waals surface area (Å²) in [6.07, 6.45) is -0.550. The number of halogens is 1. The number of benzene rings is 1. The fourth-order valence-electron chi connectivity index (χ4n) is 2.49. The Kier molecular flexibility index (Phi) is 5.21. The molecule has 1 aliphatic heterocycles. The molecule has 5 heteroatoms. The summed E-state index contributed by atoms with van der Waals surface area (Å²) in [5, 5.41) is 13.9. The van der Waals surface area contributed by atoms with E-state index in [1.807, 2.05) is 18.2 Å². The maximum absolute atomic E-state index is 10.6. The summed E-state index contributed by atoms with van der Waals surface area (Å²) in [7, 11) is 1.63. The van der Waals surface area contributed by atoms with Gasteiger partial charge in [-0.25, -0.2) is 0 Å². The summed E-state index contributed by atoms with van der Waals surface area (Å²) < 4.78 is 6.30.